The smallest absolute Gasteiger partial charge is 0.247 e. The predicted molar refractivity (Wildman–Crippen MR) is 91.6 cm³/mol. The van der Waals surface area contributed by atoms with Crippen molar-refractivity contribution in [3.63, 3.8) is 0 Å². The number of fused-ring (bicyclic) bond motifs is 1. The highest BCUT2D eigenvalue weighted by Crippen LogP contribution is 2.40. The fraction of sp³-hybridized carbons (Fsp3) is 0.421. The van der Waals surface area contributed by atoms with E-state index in [1.165, 1.54) is 5.56 Å². The normalized spacial score (nSPS) is 23.4. The van der Waals surface area contributed by atoms with E-state index in [9.17, 15) is 4.79 Å². The number of aromatic amines is 1. The Labute approximate surface area is 141 Å². The molecular weight excluding hydrogens is 304 g/mol. The van der Waals surface area contributed by atoms with E-state index < -0.39 is 0 Å². The van der Waals surface area contributed by atoms with Crippen molar-refractivity contribution < 1.29 is 9.47 Å². The van der Waals surface area contributed by atoms with Gasteiger partial charge in [0.05, 0.1) is 0 Å². The molecule has 1 aromatic heterocycles. The first-order valence-corrected chi connectivity index (χ1v) is 8.54. The largest absolute Gasteiger partial charge is 0.454 e. The van der Waals surface area contributed by atoms with Crippen LogP contribution >= 0.6 is 0 Å². The highest BCUT2D eigenvalue weighted by atomic mass is 16.7. The first-order chi connectivity index (χ1) is 11.7. The fourth-order valence-electron chi connectivity index (χ4n) is 3.85. The van der Waals surface area contributed by atoms with E-state index in [4.69, 9.17) is 9.47 Å². The lowest BCUT2D eigenvalue weighted by Gasteiger charge is -2.21. The molecule has 2 aromatic rings. The van der Waals surface area contributed by atoms with Crippen molar-refractivity contribution in [3.05, 3.63) is 58.0 Å². The Morgan fingerprint density at radius 1 is 1.21 bits per heavy atom. The minimum absolute atomic E-state index is 0.0415. The second-order valence-corrected chi connectivity index (χ2v) is 6.66. The first-order valence-electron chi connectivity index (χ1n) is 8.54. The summed E-state index contributed by atoms with van der Waals surface area (Å²) in [6.45, 7) is 2.47. The third-order valence-electron chi connectivity index (χ3n) is 5.09. The van der Waals surface area contributed by atoms with Gasteiger partial charge in [0, 0.05) is 29.9 Å². The van der Waals surface area contributed by atoms with Gasteiger partial charge in [0.15, 0.2) is 11.5 Å². The summed E-state index contributed by atoms with van der Waals surface area (Å²) in [5.41, 5.74) is 2.33. The van der Waals surface area contributed by atoms with E-state index in [1.54, 1.807) is 6.07 Å². The molecule has 126 valence electrons. The second kappa shape index (κ2) is 6.32. The summed E-state index contributed by atoms with van der Waals surface area (Å²) >= 11 is 0. The summed E-state index contributed by atoms with van der Waals surface area (Å²) < 4.78 is 11.1. The predicted octanol–water partition coefficient (Wildman–Crippen LogP) is 3.09. The molecule has 3 unspecified atom stereocenters. The van der Waals surface area contributed by atoms with E-state index >= 15 is 0 Å². The standard InChI is InChI=1S/C19H22N2O3/c1-12(16-3-2-4-17-19(16)24-11-23-17)21-15-7-5-13(9-15)14-6-8-18(22)20-10-14/h2-4,6,8,10,12-13,15,21H,5,7,9,11H2,1H3,(H,20,22). The van der Waals surface area contributed by atoms with Crippen LogP contribution < -0.4 is 20.3 Å². The number of pyridine rings is 1. The number of para-hydroxylation sites is 1. The van der Waals surface area contributed by atoms with E-state index in [0.29, 0.717) is 18.8 Å². The Morgan fingerprint density at radius 2 is 2.12 bits per heavy atom. The van der Waals surface area contributed by atoms with Crippen LogP contribution in [0.15, 0.2) is 41.3 Å². The van der Waals surface area contributed by atoms with Gasteiger partial charge >= 0.3 is 0 Å². The quantitative estimate of drug-likeness (QED) is 0.906. The van der Waals surface area contributed by atoms with Gasteiger partial charge in [-0.2, -0.15) is 0 Å². The number of rotatable bonds is 4. The molecule has 1 aromatic carbocycles. The molecule has 3 atom stereocenters. The summed E-state index contributed by atoms with van der Waals surface area (Å²) in [6.07, 6.45) is 5.22. The van der Waals surface area contributed by atoms with Crippen LogP contribution in [-0.4, -0.2) is 17.8 Å². The molecule has 1 fully saturated rings. The van der Waals surface area contributed by atoms with Gasteiger partial charge in [0.1, 0.15) is 0 Å². The molecule has 1 aliphatic heterocycles. The van der Waals surface area contributed by atoms with Gasteiger partial charge in [0.2, 0.25) is 12.4 Å². The lowest BCUT2D eigenvalue weighted by Crippen LogP contribution is -2.29. The van der Waals surface area contributed by atoms with E-state index in [1.807, 2.05) is 24.4 Å². The third kappa shape index (κ3) is 2.91. The molecule has 0 saturated heterocycles. The Bertz CT molecular complexity index is 766. The minimum Gasteiger partial charge on any atom is -0.454 e. The molecule has 5 heteroatoms. The molecule has 2 heterocycles. The van der Waals surface area contributed by atoms with Crippen molar-refractivity contribution >= 4 is 0 Å². The van der Waals surface area contributed by atoms with Crippen molar-refractivity contribution in [2.45, 2.75) is 44.2 Å². The highest BCUT2D eigenvalue weighted by molar-refractivity contribution is 5.49. The topological polar surface area (TPSA) is 63.4 Å². The summed E-state index contributed by atoms with van der Waals surface area (Å²) in [6, 6.07) is 10.3. The first kappa shape index (κ1) is 15.3. The number of nitrogens with one attached hydrogen (secondary N) is 2. The van der Waals surface area contributed by atoms with Crippen LogP contribution in [0.3, 0.4) is 0 Å². The number of aromatic nitrogens is 1. The van der Waals surface area contributed by atoms with Gasteiger partial charge in [-0.1, -0.05) is 18.2 Å². The van der Waals surface area contributed by atoms with Gasteiger partial charge < -0.3 is 19.8 Å². The van der Waals surface area contributed by atoms with Gasteiger partial charge in [-0.25, -0.2) is 0 Å². The van der Waals surface area contributed by atoms with Gasteiger partial charge in [0.25, 0.3) is 0 Å². The zero-order chi connectivity index (χ0) is 16.5. The molecule has 1 saturated carbocycles. The van der Waals surface area contributed by atoms with E-state index in [0.717, 1.165) is 36.3 Å². The number of hydrogen-bond acceptors (Lipinski definition) is 4. The zero-order valence-corrected chi connectivity index (χ0v) is 13.7. The van der Waals surface area contributed by atoms with Crippen molar-refractivity contribution in [1.29, 1.82) is 0 Å². The molecule has 1 aliphatic carbocycles. The molecule has 0 bridgehead atoms. The van der Waals surface area contributed by atoms with E-state index in [2.05, 4.69) is 23.3 Å². The average molecular weight is 326 g/mol. The van der Waals surface area contributed by atoms with Crippen LogP contribution in [0, 0.1) is 0 Å². The molecule has 4 rings (SSSR count). The summed E-state index contributed by atoms with van der Waals surface area (Å²) in [7, 11) is 0. The second-order valence-electron chi connectivity index (χ2n) is 6.66. The van der Waals surface area contributed by atoms with Crippen LogP contribution in [0.2, 0.25) is 0 Å². The number of benzene rings is 1. The summed E-state index contributed by atoms with van der Waals surface area (Å²) in [4.78, 5) is 14.0. The summed E-state index contributed by atoms with van der Waals surface area (Å²) in [5, 5.41) is 3.73. The van der Waals surface area contributed by atoms with Gasteiger partial charge in [-0.15, -0.1) is 0 Å². The van der Waals surface area contributed by atoms with Crippen molar-refractivity contribution in [2.24, 2.45) is 0 Å². The minimum atomic E-state index is -0.0415. The van der Waals surface area contributed by atoms with Crippen LogP contribution in [0.25, 0.3) is 0 Å². The highest BCUT2D eigenvalue weighted by Gasteiger charge is 2.28. The SMILES string of the molecule is CC(NC1CCC(c2ccc(=O)[nH]c2)C1)c1cccc2c1OCO2. The van der Waals surface area contributed by atoms with Crippen molar-refractivity contribution in [2.75, 3.05) is 6.79 Å². The van der Waals surface area contributed by atoms with Crippen LogP contribution in [-0.2, 0) is 0 Å². The maximum absolute atomic E-state index is 11.2. The van der Waals surface area contributed by atoms with E-state index in [-0.39, 0.29) is 11.6 Å². The molecule has 0 radical (unpaired) electrons. The van der Waals surface area contributed by atoms with Crippen molar-refractivity contribution in [3.8, 4) is 11.5 Å². The number of ether oxygens (including phenoxy) is 2. The fourth-order valence-corrected chi connectivity index (χ4v) is 3.85. The molecule has 5 nitrogen and oxygen atoms in total. The Kier molecular flexibility index (Phi) is 4.02. The van der Waals surface area contributed by atoms with Gasteiger partial charge in [-0.3, -0.25) is 4.79 Å². The molecular formula is C19H22N2O3. The summed E-state index contributed by atoms with van der Waals surface area (Å²) in [5.74, 6) is 2.21. The van der Waals surface area contributed by atoms with Gasteiger partial charge in [-0.05, 0) is 43.7 Å². The molecule has 0 spiro atoms. The zero-order valence-electron chi connectivity index (χ0n) is 13.7. The average Bonchev–Trinajstić information content (AvgIpc) is 3.24. The Hall–Kier alpha value is -2.27. The molecule has 0 amide bonds. The maximum Gasteiger partial charge on any atom is 0.247 e. The lowest BCUT2D eigenvalue weighted by atomic mass is 9.99. The molecule has 2 N–H and O–H groups in total. The maximum atomic E-state index is 11.2. The van der Waals surface area contributed by atoms with Crippen molar-refractivity contribution in [1.82, 2.24) is 10.3 Å². The Balaban J connectivity index is 1.42. The third-order valence-corrected chi connectivity index (χ3v) is 5.09. The van der Waals surface area contributed by atoms with Crippen LogP contribution in [0.4, 0.5) is 0 Å². The number of hydrogen-bond donors (Lipinski definition) is 2. The molecule has 24 heavy (non-hydrogen) atoms. The van der Waals surface area contributed by atoms with Crippen LogP contribution in [0.1, 0.15) is 49.3 Å². The Morgan fingerprint density at radius 3 is 2.96 bits per heavy atom. The number of H-pyrrole nitrogens is 1. The monoisotopic (exact) mass is 326 g/mol. The molecule has 2 aliphatic rings. The lowest BCUT2D eigenvalue weighted by molar-refractivity contribution is 0.172. The van der Waals surface area contributed by atoms with Crippen LogP contribution in [0.5, 0.6) is 11.5 Å².